The Labute approximate surface area is 118 Å². The first-order chi connectivity index (χ1) is 9.67. The second-order valence-corrected chi connectivity index (χ2v) is 4.48. The first kappa shape index (κ1) is 14.1. The van der Waals surface area contributed by atoms with E-state index < -0.39 is 0 Å². The molecular weight excluding hydrogens is 256 g/mol. The van der Waals surface area contributed by atoms with Gasteiger partial charge in [0, 0.05) is 19.9 Å². The molecule has 5 heteroatoms. The van der Waals surface area contributed by atoms with Crippen molar-refractivity contribution in [2.24, 2.45) is 0 Å². The van der Waals surface area contributed by atoms with Crippen LogP contribution in [0.4, 0.5) is 0 Å². The molecule has 0 saturated heterocycles. The second-order valence-electron chi connectivity index (χ2n) is 4.48. The summed E-state index contributed by atoms with van der Waals surface area (Å²) < 4.78 is 10.2. The van der Waals surface area contributed by atoms with Gasteiger partial charge in [-0.15, -0.1) is 0 Å². The maximum Gasteiger partial charge on any atom is 0.224 e. The molecule has 0 aliphatic rings. The Bertz CT molecular complexity index is 561. The highest BCUT2D eigenvalue weighted by Gasteiger charge is 2.04. The second kappa shape index (κ2) is 6.75. The molecule has 0 bridgehead atoms. The third kappa shape index (κ3) is 4.12. The summed E-state index contributed by atoms with van der Waals surface area (Å²) in [5.41, 5.74) is 1.81. The number of nitrogens with one attached hydrogen (secondary N) is 1. The summed E-state index contributed by atoms with van der Waals surface area (Å²) in [5.74, 6) is 1.43. The standard InChI is InChI=1S/C15H18N2O3/c1-11-17-13(10-20-11)7-8-16-15(18)9-12-3-5-14(19-2)6-4-12/h3-6,10H,7-9H2,1-2H3,(H,16,18). The Morgan fingerprint density at radius 1 is 1.35 bits per heavy atom. The quantitative estimate of drug-likeness (QED) is 0.873. The highest BCUT2D eigenvalue weighted by atomic mass is 16.5. The van der Waals surface area contributed by atoms with Crippen LogP contribution in [0.3, 0.4) is 0 Å². The number of aromatic nitrogens is 1. The predicted octanol–water partition coefficient (Wildman–Crippen LogP) is 1.89. The summed E-state index contributed by atoms with van der Waals surface area (Å²) in [6, 6.07) is 7.47. The number of ether oxygens (including phenoxy) is 1. The van der Waals surface area contributed by atoms with Gasteiger partial charge in [0.2, 0.25) is 5.91 Å². The Hall–Kier alpha value is -2.30. The van der Waals surface area contributed by atoms with Crippen LogP contribution in [-0.4, -0.2) is 24.5 Å². The van der Waals surface area contributed by atoms with Crippen molar-refractivity contribution in [1.82, 2.24) is 10.3 Å². The molecule has 1 aromatic carbocycles. The number of nitrogens with zero attached hydrogens (tertiary/aromatic N) is 1. The molecule has 1 heterocycles. The van der Waals surface area contributed by atoms with Crippen LogP contribution in [0.1, 0.15) is 17.1 Å². The van der Waals surface area contributed by atoms with Crippen molar-refractivity contribution in [2.75, 3.05) is 13.7 Å². The Morgan fingerprint density at radius 2 is 2.10 bits per heavy atom. The van der Waals surface area contributed by atoms with Crippen molar-refractivity contribution in [3.05, 3.63) is 47.7 Å². The van der Waals surface area contributed by atoms with Crippen molar-refractivity contribution in [2.45, 2.75) is 19.8 Å². The van der Waals surface area contributed by atoms with Crippen LogP contribution >= 0.6 is 0 Å². The van der Waals surface area contributed by atoms with Gasteiger partial charge < -0.3 is 14.5 Å². The minimum Gasteiger partial charge on any atom is -0.497 e. The Kier molecular flexibility index (Phi) is 4.76. The third-order valence-corrected chi connectivity index (χ3v) is 2.89. The minimum absolute atomic E-state index is 0.00427. The van der Waals surface area contributed by atoms with Crippen molar-refractivity contribution in [1.29, 1.82) is 0 Å². The van der Waals surface area contributed by atoms with E-state index in [1.165, 1.54) is 0 Å². The fourth-order valence-corrected chi connectivity index (χ4v) is 1.84. The maximum absolute atomic E-state index is 11.8. The Balaban J connectivity index is 1.74. The molecule has 1 aromatic heterocycles. The molecule has 2 rings (SSSR count). The van der Waals surface area contributed by atoms with Crippen molar-refractivity contribution in [3.63, 3.8) is 0 Å². The first-order valence-corrected chi connectivity index (χ1v) is 6.48. The van der Waals surface area contributed by atoms with Crippen LogP contribution in [0, 0.1) is 6.92 Å². The number of aryl methyl sites for hydroxylation is 1. The smallest absolute Gasteiger partial charge is 0.224 e. The van der Waals surface area contributed by atoms with Crippen LogP contribution in [0.15, 0.2) is 34.9 Å². The molecule has 2 aromatic rings. The van der Waals surface area contributed by atoms with E-state index in [1.54, 1.807) is 20.3 Å². The van der Waals surface area contributed by atoms with E-state index in [1.807, 2.05) is 24.3 Å². The van der Waals surface area contributed by atoms with Gasteiger partial charge in [-0.3, -0.25) is 4.79 Å². The minimum atomic E-state index is -0.00427. The van der Waals surface area contributed by atoms with E-state index in [2.05, 4.69) is 10.3 Å². The molecule has 0 saturated carbocycles. The number of methoxy groups -OCH3 is 1. The van der Waals surface area contributed by atoms with Gasteiger partial charge in [-0.1, -0.05) is 12.1 Å². The van der Waals surface area contributed by atoms with Crippen molar-refractivity contribution >= 4 is 5.91 Å². The van der Waals surface area contributed by atoms with Gasteiger partial charge in [0.15, 0.2) is 5.89 Å². The van der Waals surface area contributed by atoms with E-state index >= 15 is 0 Å². The van der Waals surface area contributed by atoms with E-state index in [0.29, 0.717) is 25.3 Å². The highest BCUT2D eigenvalue weighted by Crippen LogP contribution is 2.11. The van der Waals surface area contributed by atoms with Gasteiger partial charge in [0.1, 0.15) is 12.0 Å². The topological polar surface area (TPSA) is 64.4 Å². The van der Waals surface area contributed by atoms with Gasteiger partial charge in [-0.25, -0.2) is 4.98 Å². The molecule has 0 radical (unpaired) electrons. The van der Waals surface area contributed by atoms with E-state index in [9.17, 15) is 4.79 Å². The van der Waals surface area contributed by atoms with Gasteiger partial charge in [0.25, 0.3) is 0 Å². The average Bonchev–Trinajstić information content (AvgIpc) is 2.85. The molecule has 0 spiro atoms. The summed E-state index contributed by atoms with van der Waals surface area (Å²) >= 11 is 0. The van der Waals surface area contributed by atoms with Gasteiger partial charge in [-0.2, -0.15) is 0 Å². The summed E-state index contributed by atoms with van der Waals surface area (Å²) in [7, 11) is 1.62. The van der Waals surface area contributed by atoms with Gasteiger partial charge in [0.05, 0.1) is 19.2 Å². The zero-order chi connectivity index (χ0) is 14.4. The molecular formula is C15H18N2O3. The number of benzene rings is 1. The van der Waals surface area contributed by atoms with E-state index in [-0.39, 0.29) is 5.91 Å². The lowest BCUT2D eigenvalue weighted by Gasteiger charge is -2.05. The zero-order valence-electron chi connectivity index (χ0n) is 11.7. The monoisotopic (exact) mass is 274 g/mol. The van der Waals surface area contributed by atoms with Gasteiger partial charge in [-0.05, 0) is 17.7 Å². The van der Waals surface area contributed by atoms with Crippen LogP contribution in [0.5, 0.6) is 5.75 Å². The zero-order valence-corrected chi connectivity index (χ0v) is 11.7. The third-order valence-electron chi connectivity index (χ3n) is 2.89. The largest absolute Gasteiger partial charge is 0.497 e. The molecule has 1 N–H and O–H groups in total. The van der Waals surface area contributed by atoms with Crippen LogP contribution in [-0.2, 0) is 17.6 Å². The SMILES string of the molecule is COc1ccc(CC(=O)NCCc2coc(C)n2)cc1. The molecule has 0 unspecified atom stereocenters. The number of carbonyl (C=O) groups is 1. The summed E-state index contributed by atoms with van der Waals surface area (Å²) in [5, 5.41) is 2.87. The molecule has 20 heavy (non-hydrogen) atoms. The highest BCUT2D eigenvalue weighted by molar-refractivity contribution is 5.78. The lowest BCUT2D eigenvalue weighted by atomic mass is 10.1. The normalized spacial score (nSPS) is 10.3. The van der Waals surface area contributed by atoms with E-state index in [0.717, 1.165) is 17.0 Å². The number of amides is 1. The number of hydrogen-bond acceptors (Lipinski definition) is 4. The lowest BCUT2D eigenvalue weighted by molar-refractivity contribution is -0.120. The van der Waals surface area contributed by atoms with Gasteiger partial charge >= 0.3 is 0 Å². The predicted molar refractivity (Wildman–Crippen MR) is 74.7 cm³/mol. The number of hydrogen-bond donors (Lipinski definition) is 1. The summed E-state index contributed by atoms with van der Waals surface area (Å²) in [6.07, 6.45) is 2.65. The first-order valence-electron chi connectivity index (χ1n) is 6.48. The fourth-order valence-electron chi connectivity index (χ4n) is 1.84. The number of rotatable bonds is 6. The van der Waals surface area contributed by atoms with Crippen LogP contribution in [0.25, 0.3) is 0 Å². The fraction of sp³-hybridized carbons (Fsp3) is 0.333. The Morgan fingerprint density at radius 3 is 2.70 bits per heavy atom. The molecule has 0 atom stereocenters. The molecule has 0 aliphatic heterocycles. The van der Waals surface area contributed by atoms with Crippen molar-refractivity contribution in [3.8, 4) is 5.75 Å². The molecule has 5 nitrogen and oxygen atoms in total. The van der Waals surface area contributed by atoms with Crippen molar-refractivity contribution < 1.29 is 13.9 Å². The number of carbonyl (C=O) groups excluding carboxylic acids is 1. The van der Waals surface area contributed by atoms with E-state index in [4.69, 9.17) is 9.15 Å². The summed E-state index contributed by atoms with van der Waals surface area (Å²) in [6.45, 7) is 2.35. The van der Waals surface area contributed by atoms with Crippen LogP contribution in [0.2, 0.25) is 0 Å². The molecule has 0 fully saturated rings. The lowest BCUT2D eigenvalue weighted by Crippen LogP contribution is -2.27. The molecule has 0 aliphatic carbocycles. The summed E-state index contributed by atoms with van der Waals surface area (Å²) in [4.78, 5) is 16.0. The molecule has 106 valence electrons. The van der Waals surface area contributed by atoms with Crippen LogP contribution < -0.4 is 10.1 Å². The maximum atomic E-state index is 11.8. The molecule has 1 amide bonds. The number of oxazole rings is 1. The average molecular weight is 274 g/mol.